The number of unbranched alkanes of at least 4 members (excludes halogenated alkanes) is 1. The minimum absolute atomic E-state index is 0.112. The Hall–Kier alpha value is -0.610. The fourth-order valence-electron chi connectivity index (χ4n) is 0.992. The van der Waals surface area contributed by atoms with E-state index in [1.807, 2.05) is 6.92 Å². The lowest BCUT2D eigenvalue weighted by atomic mass is 10.2. The molecule has 0 saturated carbocycles. The zero-order valence-corrected chi connectivity index (χ0v) is 9.21. The second-order valence-corrected chi connectivity index (χ2v) is 3.59. The molecule has 0 aliphatic heterocycles. The summed E-state index contributed by atoms with van der Waals surface area (Å²) < 4.78 is 4.89. The third kappa shape index (κ3) is 8.01. The average Bonchev–Trinajstić information content (AvgIpc) is 2.21. The summed E-state index contributed by atoms with van der Waals surface area (Å²) in [6.45, 7) is 4.04. The van der Waals surface area contributed by atoms with Crippen molar-refractivity contribution >= 4 is 5.91 Å². The minimum Gasteiger partial charge on any atom is -0.385 e. The van der Waals surface area contributed by atoms with Gasteiger partial charge in [0.15, 0.2) is 0 Å². The van der Waals surface area contributed by atoms with Gasteiger partial charge in [-0.2, -0.15) is 0 Å². The van der Waals surface area contributed by atoms with Crippen molar-refractivity contribution in [2.24, 2.45) is 11.7 Å². The summed E-state index contributed by atoms with van der Waals surface area (Å²) in [5.74, 6) is 0.472. The Morgan fingerprint density at radius 2 is 2.21 bits per heavy atom. The number of nitrogens with two attached hydrogens (primary N) is 1. The molecule has 0 aliphatic rings. The third-order valence-electron chi connectivity index (χ3n) is 2.05. The maximum Gasteiger partial charge on any atom is 0.220 e. The van der Waals surface area contributed by atoms with Crippen molar-refractivity contribution in [1.82, 2.24) is 5.32 Å². The van der Waals surface area contributed by atoms with Crippen molar-refractivity contribution in [3.63, 3.8) is 0 Å². The molecule has 1 amide bonds. The molecular formula is C10H22N2O2. The van der Waals surface area contributed by atoms with Crippen molar-refractivity contribution in [3.05, 3.63) is 0 Å². The summed E-state index contributed by atoms with van der Waals surface area (Å²) >= 11 is 0. The van der Waals surface area contributed by atoms with Gasteiger partial charge in [0, 0.05) is 26.7 Å². The maximum absolute atomic E-state index is 11.2. The molecule has 1 atom stereocenters. The van der Waals surface area contributed by atoms with E-state index in [0.717, 1.165) is 19.4 Å². The second-order valence-electron chi connectivity index (χ2n) is 3.59. The van der Waals surface area contributed by atoms with Crippen molar-refractivity contribution in [3.8, 4) is 0 Å². The van der Waals surface area contributed by atoms with Gasteiger partial charge in [0.2, 0.25) is 5.91 Å². The van der Waals surface area contributed by atoms with Crippen LogP contribution in [0.1, 0.15) is 26.2 Å². The maximum atomic E-state index is 11.2. The molecule has 3 N–H and O–H groups in total. The number of ether oxygens (including phenoxy) is 1. The van der Waals surface area contributed by atoms with Crippen LogP contribution < -0.4 is 11.1 Å². The molecule has 0 rings (SSSR count). The minimum atomic E-state index is 0.112. The highest BCUT2D eigenvalue weighted by atomic mass is 16.5. The Morgan fingerprint density at radius 1 is 1.50 bits per heavy atom. The van der Waals surface area contributed by atoms with Crippen LogP contribution >= 0.6 is 0 Å². The van der Waals surface area contributed by atoms with Crippen molar-refractivity contribution in [2.75, 3.05) is 26.8 Å². The first-order valence-corrected chi connectivity index (χ1v) is 5.16. The fraction of sp³-hybridized carbons (Fsp3) is 0.900. The molecule has 0 aromatic rings. The molecule has 0 saturated heterocycles. The number of amides is 1. The van der Waals surface area contributed by atoms with Gasteiger partial charge >= 0.3 is 0 Å². The van der Waals surface area contributed by atoms with E-state index in [4.69, 9.17) is 10.5 Å². The predicted octanol–water partition coefficient (Wildman–Crippen LogP) is 0.514. The number of methoxy groups -OCH3 is 1. The molecule has 0 aromatic carbocycles. The Labute approximate surface area is 86.2 Å². The number of carbonyl (C=O) groups excluding carboxylic acids is 1. The molecule has 0 radical (unpaired) electrons. The van der Waals surface area contributed by atoms with Crippen LogP contribution in [0.5, 0.6) is 0 Å². The normalized spacial score (nSPS) is 12.5. The lowest BCUT2D eigenvalue weighted by Crippen LogP contribution is -2.31. The largest absolute Gasteiger partial charge is 0.385 e. The zero-order chi connectivity index (χ0) is 10.8. The van der Waals surface area contributed by atoms with Gasteiger partial charge in [-0.25, -0.2) is 0 Å². The van der Waals surface area contributed by atoms with E-state index in [1.54, 1.807) is 7.11 Å². The number of rotatable bonds is 8. The summed E-state index contributed by atoms with van der Waals surface area (Å²) in [7, 11) is 1.67. The molecule has 4 heteroatoms. The summed E-state index contributed by atoms with van der Waals surface area (Å²) in [5.41, 5.74) is 5.43. The zero-order valence-electron chi connectivity index (χ0n) is 9.21. The van der Waals surface area contributed by atoms with Gasteiger partial charge in [0.25, 0.3) is 0 Å². The average molecular weight is 202 g/mol. The lowest BCUT2D eigenvalue weighted by molar-refractivity contribution is -0.121. The summed E-state index contributed by atoms with van der Waals surface area (Å²) in [5, 5.41) is 2.85. The SMILES string of the molecule is COCCCCC(=O)NCC(C)CN. The molecule has 84 valence electrons. The van der Waals surface area contributed by atoms with E-state index < -0.39 is 0 Å². The summed E-state index contributed by atoms with van der Waals surface area (Å²) in [6, 6.07) is 0. The van der Waals surface area contributed by atoms with E-state index in [9.17, 15) is 4.79 Å². The van der Waals surface area contributed by atoms with E-state index in [2.05, 4.69) is 5.32 Å². The van der Waals surface area contributed by atoms with E-state index in [0.29, 0.717) is 25.4 Å². The standard InChI is InChI=1S/C10H22N2O2/c1-9(7-11)8-12-10(13)5-3-4-6-14-2/h9H,3-8,11H2,1-2H3,(H,12,13). The van der Waals surface area contributed by atoms with E-state index in [-0.39, 0.29) is 5.91 Å². The predicted molar refractivity (Wildman–Crippen MR) is 57.0 cm³/mol. The first-order chi connectivity index (χ1) is 6.70. The van der Waals surface area contributed by atoms with Crippen molar-refractivity contribution in [1.29, 1.82) is 0 Å². The summed E-state index contributed by atoms with van der Waals surface area (Å²) in [6.07, 6.45) is 2.41. The highest BCUT2D eigenvalue weighted by molar-refractivity contribution is 5.75. The highest BCUT2D eigenvalue weighted by Crippen LogP contribution is 1.96. The Balaban J connectivity index is 3.28. The molecule has 0 heterocycles. The van der Waals surface area contributed by atoms with Gasteiger partial charge in [-0.15, -0.1) is 0 Å². The first-order valence-electron chi connectivity index (χ1n) is 5.16. The van der Waals surface area contributed by atoms with Crippen LogP contribution in [0.15, 0.2) is 0 Å². The fourth-order valence-corrected chi connectivity index (χ4v) is 0.992. The van der Waals surface area contributed by atoms with Crippen LogP contribution in [-0.2, 0) is 9.53 Å². The van der Waals surface area contributed by atoms with Gasteiger partial charge in [-0.05, 0) is 25.3 Å². The third-order valence-corrected chi connectivity index (χ3v) is 2.05. The van der Waals surface area contributed by atoms with Crippen molar-refractivity contribution in [2.45, 2.75) is 26.2 Å². The molecule has 0 spiro atoms. The van der Waals surface area contributed by atoms with Crippen LogP contribution in [0.25, 0.3) is 0 Å². The van der Waals surface area contributed by atoms with Gasteiger partial charge in [-0.1, -0.05) is 6.92 Å². The molecule has 1 unspecified atom stereocenters. The molecular weight excluding hydrogens is 180 g/mol. The molecule has 4 nitrogen and oxygen atoms in total. The summed E-state index contributed by atoms with van der Waals surface area (Å²) in [4.78, 5) is 11.2. The number of nitrogens with one attached hydrogen (secondary N) is 1. The van der Waals surface area contributed by atoms with E-state index in [1.165, 1.54) is 0 Å². The molecule has 0 fully saturated rings. The quantitative estimate of drug-likeness (QED) is 0.564. The number of hydrogen-bond acceptors (Lipinski definition) is 3. The van der Waals surface area contributed by atoms with Gasteiger partial charge < -0.3 is 15.8 Å². The van der Waals surface area contributed by atoms with Gasteiger partial charge in [0.05, 0.1) is 0 Å². The highest BCUT2D eigenvalue weighted by Gasteiger charge is 2.03. The molecule has 0 aromatic heterocycles. The first kappa shape index (κ1) is 13.4. The Kier molecular flexibility index (Phi) is 8.57. The second kappa shape index (κ2) is 8.97. The van der Waals surface area contributed by atoms with Gasteiger partial charge in [-0.3, -0.25) is 4.79 Å². The number of hydrogen-bond donors (Lipinski definition) is 2. The van der Waals surface area contributed by atoms with Crippen LogP contribution in [0.3, 0.4) is 0 Å². The Bertz CT molecular complexity index is 151. The van der Waals surface area contributed by atoms with Crippen LogP contribution in [0.4, 0.5) is 0 Å². The van der Waals surface area contributed by atoms with Crippen molar-refractivity contribution < 1.29 is 9.53 Å². The van der Waals surface area contributed by atoms with Crippen LogP contribution in [-0.4, -0.2) is 32.7 Å². The number of carbonyl (C=O) groups is 1. The Morgan fingerprint density at radius 3 is 2.79 bits per heavy atom. The van der Waals surface area contributed by atoms with E-state index >= 15 is 0 Å². The monoisotopic (exact) mass is 202 g/mol. The van der Waals surface area contributed by atoms with Crippen LogP contribution in [0, 0.1) is 5.92 Å². The molecule has 0 aliphatic carbocycles. The van der Waals surface area contributed by atoms with Gasteiger partial charge in [0.1, 0.15) is 0 Å². The topological polar surface area (TPSA) is 64.3 Å². The molecule has 14 heavy (non-hydrogen) atoms. The van der Waals surface area contributed by atoms with Crippen LogP contribution in [0.2, 0.25) is 0 Å². The smallest absolute Gasteiger partial charge is 0.220 e. The molecule has 0 bridgehead atoms. The lowest BCUT2D eigenvalue weighted by Gasteiger charge is -2.09.